The van der Waals surface area contributed by atoms with Crippen molar-refractivity contribution < 1.29 is 14.2 Å². The Morgan fingerprint density at radius 3 is 2.55 bits per heavy atom. The van der Waals surface area contributed by atoms with Crippen molar-refractivity contribution in [1.29, 1.82) is 0 Å². The van der Waals surface area contributed by atoms with Gasteiger partial charge in [0.05, 0.1) is 13.7 Å². The number of methoxy groups -OCH3 is 1. The smallest absolute Gasteiger partial charge is 0.191 e. The van der Waals surface area contributed by atoms with E-state index in [0.29, 0.717) is 31.2 Å². The number of hydrogen-bond acceptors (Lipinski definition) is 4. The van der Waals surface area contributed by atoms with Gasteiger partial charge in [0.1, 0.15) is 17.3 Å². The number of rotatable bonds is 9. The molecule has 0 radical (unpaired) electrons. The highest BCUT2D eigenvalue weighted by molar-refractivity contribution is 14.0. The van der Waals surface area contributed by atoms with E-state index in [-0.39, 0.29) is 35.5 Å². The Kier molecular flexibility index (Phi) is 11.8. The van der Waals surface area contributed by atoms with Crippen LogP contribution in [-0.4, -0.2) is 37.5 Å². The number of guanidine groups is 1. The lowest BCUT2D eigenvalue weighted by atomic mass is 10.1. The molecule has 0 saturated carbocycles. The summed E-state index contributed by atoms with van der Waals surface area (Å²) in [7, 11) is 1.57. The maximum absolute atomic E-state index is 13.5. The van der Waals surface area contributed by atoms with E-state index in [1.54, 1.807) is 37.1 Å². The third-order valence-electron chi connectivity index (χ3n) is 4.20. The Hall–Kier alpha value is -1.68. The molecular weight excluding hydrogens is 504 g/mol. The summed E-state index contributed by atoms with van der Waals surface area (Å²) in [6.07, 6.45) is 2.65. The highest BCUT2D eigenvalue weighted by atomic mass is 127. The van der Waals surface area contributed by atoms with Crippen molar-refractivity contribution >= 4 is 41.7 Å². The molecule has 2 rings (SSSR count). The number of benzene rings is 2. The number of aliphatic imine (C=N–C) groups is 1. The van der Waals surface area contributed by atoms with Crippen molar-refractivity contribution in [1.82, 2.24) is 10.6 Å². The van der Waals surface area contributed by atoms with Gasteiger partial charge in [0.2, 0.25) is 0 Å². The molecular formula is C21H29FIN3O2S. The van der Waals surface area contributed by atoms with Crippen LogP contribution in [0.2, 0.25) is 0 Å². The van der Waals surface area contributed by atoms with E-state index < -0.39 is 0 Å². The monoisotopic (exact) mass is 533 g/mol. The molecule has 3 N–H and O–H groups in total. The SMILES string of the molecule is CCNC(=NCc1ccc(F)cc1CSC)NCCc1ccc(OC)cc1O.I. The van der Waals surface area contributed by atoms with Crippen LogP contribution in [0, 0.1) is 5.82 Å². The van der Waals surface area contributed by atoms with Crippen LogP contribution in [-0.2, 0) is 18.7 Å². The van der Waals surface area contributed by atoms with E-state index in [0.717, 1.165) is 29.0 Å². The first kappa shape index (κ1) is 25.4. The van der Waals surface area contributed by atoms with Gasteiger partial charge in [0.25, 0.3) is 0 Å². The topological polar surface area (TPSA) is 65.9 Å². The summed E-state index contributed by atoms with van der Waals surface area (Å²) < 4.78 is 18.6. The third kappa shape index (κ3) is 8.30. The van der Waals surface area contributed by atoms with Crippen LogP contribution in [0.15, 0.2) is 41.4 Å². The van der Waals surface area contributed by atoms with Crippen LogP contribution in [0.4, 0.5) is 4.39 Å². The summed E-state index contributed by atoms with van der Waals surface area (Å²) in [6, 6.07) is 10.1. The van der Waals surface area contributed by atoms with E-state index in [4.69, 9.17) is 4.74 Å². The number of phenols is 1. The van der Waals surface area contributed by atoms with Gasteiger partial charge >= 0.3 is 0 Å². The fourth-order valence-electron chi connectivity index (χ4n) is 2.74. The molecule has 0 fully saturated rings. The fourth-order valence-corrected chi connectivity index (χ4v) is 3.32. The largest absolute Gasteiger partial charge is 0.508 e. The van der Waals surface area contributed by atoms with Gasteiger partial charge in [-0.2, -0.15) is 11.8 Å². The highest BCUT2D eigenvalue weighted by Crippen LogP contribution is 2.23. The second-order valence-corrected chi connectivity index (χ2v) is 7.08. The van der Waals surface area contributed by atoms with Gasteiger partial charge < -0.3 is 20.5 Å². The van der Waals surface area contributed by atoms with Gasteiger partial charge in [-0.25, -0.2) is 9.38 Å². The molecule has 0 aliphatic rings. The fraction of sp³-hybridized carbons (Fsp3) is 0.381. The van der Waals surface area contributed by atoms with Crippen molar-refractivity contribution in [2.45, 2.75) is 25.6 Å². The normalized spacial score (nSPS) is 11.0. The Morgan fingerprint density at radius 1 is 1.14 bits per heavy atom. The molecule has 0 aliphatic heterocycles. The molecule has 2 aromatic carbocycles. The van der Waals surface area contributed by atoms with Crippen LogP contribution in [0.5, 0.6) is 11.5 Å². The van der Waals surface area contributed by atoms with Crippen molar-refractivity contribution in [2.24, 2.45) is 4.99 Å². The molecule has 5 nitrogen and oxygen atoms in total. The zero-order valence-electron chi connectivity index (χ0n) is 17.0. The van der Waals surface area contributed by atoms with Crippen LogP contribution in [0.25, 0.3) is 0 Å². The van der Waals surface area contributed by atoms with E-state index in [1.807, 2.05) is 25.3 Å². The molecule has 0 aromatic heterocycles. The minimum absolute atomic E-state index is 0. The quantitative estimate of drug-likeness (QED) is 0.255. The first-order chi connectivity index (χ1) is 13.6. The van der Waals surface area contributed by atoms with Crippen LogP contribution < -0.4 is 15.4 Å². The number of hydrogen-bond donors (Lipinski definition) is 3. The number of nitrogens with one attached hydrogen (secondary N) is 2. The Bertz CT molecular complexity index is 805. The first-order valence-corrected chi connectivity index (χ1v) is 10.6. The van der Waals surface area contributed by atoms with Crippen molar-refractivity contribution in [2.75, 3.05) is 26.5 Å². The van der Waals surface area contributed by atoms with Gasteiger partial charge in [0, 0.05) is 24.9 Å². The average Bonchev–Trinajstić information content (AvgIpc) is 2.68. The summed E-state index contributed by atoms with van der Waals surface area (Å²) in [6.45, 7) is 3.83. The number of phenolic OH excluding ortho intramolecular Hbond substituents is 1. The number of aromatic hydroxyl groups is 1. The summed E-state index contributed by atoms with van der Waals surface area (Å²) in [4.78, 5) is 4.62. The van der Waals surface area contributed by atoms with Crippen molar-refractivity contribution in [3.8, 4) is 11.5 Å². The van der Waals surface area contributed by atoms with Gasteiger partial charge in [-0.1, -0.05) is 12.1 Å². The predicted molar refractivity (Wildman–Crippen MR) is 130 cm³/mol. The zero-order chi connectivity index (χ0) is 20.4. The summed E-state index contributed by atoms with van der Waals surface area (Å²) in [5, 5.41) is 16.5. The predicted octanol–water partition coefficient (Wildman–Crippen LogP) is 4.32. The summed E-state index contributed by atoms with van der Waals surface area (Å²) in [5.41, 5.74) is 2.82. The number of thioether (sulfide) groups is 1. The Morgan fingerprint density at radius 2 is 1.90 bits per heavy atom. The number of ether oxygens (including phenoxy) is 1. The second-order valence-electron chi connectivity index (χ2n) is 6.21. The van der Waals surface area contributed by atoms with Crippen LogP contribution in [0.1, 0.15) is 23.6 Å². The molecule has 8 heteroatoms. The molecule has 0 aliphatic carbocycles. The van der Waals surface area contributed by atoms with Crippen molar-refractivity contribution in [3.05, 3.63) is 58.9 Å². The lowest BCUT2D eigenvalue weighted by molar-refractivity contribution is 0.406. The third-order valence-corrected chi connectivity index (χ3v) is 4.80. The van der Waals surface area contributed by atoms with Gasteiger partial charge in [-0.05, 0) is 54.5 Å². The standard InChI is InChI=1S/C21H28FN3O2S.HI/c1-4-23-21(24-10-9-15-6-8-19(27-2)12-20(15)26)25-13-16-5-7-18(22)11-17(16)14-28-3;/h5-8,11-12,26H,4,9-10,13-14H2,1-3H3,(H2,23,24,25);1H. The molecule has 0 spiro atoms. The lowest BCUT2D eigenvalue weighted by Crippen LogP contribution is -2.38. The molecule has 0 amide bonds. The van der Waals surface area contributed by atoms with E-state index in [2.05, 4.69) is 15.6 Å². The lowest BCUT2D eigenvalue weighted by Gasteiger charge is -2.13. The highest BCUT2D eigenvalue weighted by Gasteiger charge is 2.06. The molecule has 0 bridgehead atoms. The van der Waals surface area contributed by atoms with Gasteiger partial charge in [-0.3, -0.25) is 0 Å². The number of halogens is 2. The zero-order valence-corrected chi connectivity index (χ0v) is 20.1. The minimum atomic E-state index is -0.221. The minimum Gasteiger partial charge on any atom is -0.508 e. The van der Waals surface area contributed by atoms with E-state index >= 15 is 0 Å². The molecule has 0 heterocycles. The van der Waals surface area contributed by atoms with Crippen LogP contribution in [0.3, 0.4) is 0 Å². The average molecular weight is 533 g/mol. The van der Waals surface area contributed by atoms with E-state index in [1.165, 1.54) is 6.07 Å². The summed E-state index contributed by atoms with van der Waals surface area (Å²) >= 11 is 1.66. The van der Waals surface area contributed by atoms with E-state index in [9.17, 15) is 9.50 Å². The summed E-state index contributed by atoms with van der Waals surface area (Å²) in [5.74, 6) is 2.07. The maximum atomic E-state index is 13.5. The van der Waals surface area contributed by atoms with Gasteiger partial charge in [0.15, 0.2) is 5.96 Å². The van der Waals surface area contributed by atoms with Gasteiger partial charge in [-0.15, -0.1) is 24.0 Å². The second kappa shape index (κ2) is 13.5. The Balaban J connectivity index is 0.00000420. The first-order valence-electron chi connectivity index (χ1n) is 9.21. The maximum Gasteiger partial charge on any atom is 0.191 e. The molecule has 0 unspecified atom stereocenters. The molecule has 0 saturated heterocycles. The Labute approximate surface area is 193 Å². The van der Waals surface area contributed by atoms with Crippen molar-refractivity contribution in [3.63, 3.8) is 0 Å². The molecule has 160 valence electrons. The van der Waals surface area contributed by atoms with Crippen LogP contribution >= 0.6 is 35.7 Å². The molecule has 0 atom stereocenters. The molecule has 29 heavy (non-hydrogen) atoms. The number of nitrogens with zero attached hydrogens (tertiary/aromatic N) is 1. The molecule has 2 aromatic rings.